The fourth-order valence-electron chi connectivity index (χ4n) is 2.50. The van der Waals surface area contributed by atoms with Crippen LogP contribution in [-0.2, 0) is 6.18 Å². The molecule has 4 nitrogen and oxygen atoms in total. The van der Waals surface area contributed by atoms with Gasteiger partial charge in [-0.2, -0.15) is 13.2 Å². The van der Waals surface area contributed by atoms with E-state index in [-0.39, 0.29) is 11.3 Å². The fraction of sp³-hybridized carbons (Fsp3) is 0.100. The van der Waals surface area contributed by atoms with Crippen LogP contribution in [0.2, 0.25) is 0 Å². The van der Waals surface area contributed by atoms with E-state index in [2.05, 4.69) is 15.0 Å². The van der Waals surface area contributed by atoms with Gasteiger partial charge in [0.05, 0.1) is 16.8 Å². The number of carbonyl (C=O) groups is 1. The number of hydrogen-bond acceptors (Lipinski definition) is 3. The molecule has 1 amide bonds. The molecule has 0 saturated carbocycles. The number of alkyl halides is 6. The van der Waals surface area contributed by atoms with Gasteiger partial charge in [0.25, 0.3) is 5.91 Å². The van der Waals surface area contributed by atoms with Gasteiger partial charge in [-0.3, -0.25) is 9.78 Å². The third-order valence-corrected chi connectivity index (χ3v) is 3.86. The topological polar surface area (TPSA) is 51.2 Å². The lowest BCUT2D eigenvalue weighted by molar-refractivity contribution is -0.274. The van der Waals surface area contributed by atoms with E-state index in [1.54, 1.807) is 0 Å². The first-order chi connectivity index (χ1) is 14.0. The van der Waals surface area contributed by atoms with Gasteiger partial charge < -0.3 is 10.1 Å². The highest BCUT2D eigenvalue weighted by atomic mass is 19.4. The van der Waals surface area contributed by atoms with Gasteiger partial charge in [0, 0.05) is 17.4 Å². The molecule has 0 atom stereocenters. The van der Waals surface area contributed by atoms with E-state index in [9.17, 15) is 31.1 Å². The van der Waals surface area contributed by atoms with Gasteiger partial charge in [0.15, 0.2) is 0 Å². The summed E-state index contributed by atoms with van der Waals surface area (Å²) in [7, 11) is 0. The van der Waals surface area contributed by atoms with Gasteiger partial charge in [-0.1, -0.05) is 12.1 Å². The molecule has 0 aliphatic carbocycles. The highest BCUT2D eigenvalue weighted by molar-refractivity contribution is 6.04. The van der Waals surface area contributed by atoms with Crippen LogP contribution < -0.4 is 10.1 Å². The van der Waals surface area contributed by atoms with Gasteiger partial charge in [0.2, 0.25) is 0 Å². The van der Waals surface area contributed by atoms with Crippen molar-refractivity contribution in [3.05, 3.63) is 78.0 Å². The van der Waals surface area contributed by atoms with Gasteiger partial charge in [-0.05, 0) is 48.5 Å². The Labute approximate surface area is 166 Å². The molecule has 30 heavy (non-hydrogen) atoms. The van der Waals surface area contributed by atoms with E-state index >= 15 is 0 Å². The molecule has 0 spiro atoms. The van der Waals surface area contributed by atoms with Crippen LogP contribution in [0.3, 0.4) is 0 Å². The second-order valence-corrected chi connectivity index (χ2v) is 6.04. The van der Waals surface area contributed by atoms with E-state index in [0.29, 0.717) is 11.3 Å². The Morgan fingerprint density at radius 1 is 0.900 bits per heavy atom. The Morgan fingerprint density at radius 3 is 2.17 bits per heavy atom. The van der Waals surface area contributed by atoms with Crippen molar-refractivity contribution in [2.24, 2.45) is 0 Å². The summed E-state index contributed by atoms with van der Waals surface area (Å²) in [6.45, 7) is 0. The van der Waals surface area contributed by atoms with E-state index in [1.165, 1.54) is 30.5 Å². The van der Waals surface area contributed by atoms with Gasteiger partial charge in [-0.15, -0.1) is 13.2 Å². The molecular weight excluding hydrogens is 414 g/mol. The number of carbonyl (C=O) groups excluding carboxylic acids is 1. The van der Waals surface area contributed by atoms with E-state index < -0.39 is 29.8 Å². The van der Waals surface area contributed by atoms with Crippen molar-refractivity contribution >= 4 is 11.6 Å². The lowest BCUT2D eigenvalue weighted by Crippen LogP contribution is -2.17. The monoisotopic (exact) mass is 426 g/mol. The first kappa shape index (κ1) is 21.2. The summed E-state index contributed by atoms with van der Waals surface area (Å²) in [5.74, 6) is -1.02. The molecule has 2 aromatic carbocycles. The molecule has 156 valence electrons. The lowest BCUT2D eigenvalue weighted by atomic mass is 10.1. The van der Waals surface area contributed by atoms with E-state index in [1.807, 2.05) is 0 Å². The van der Waals surface area contributed by atoms with Crippen molar-refractivity contribution in [3.8, 4) is 17.0 Å². The zero-order valence-electron chi connectivity index (χ0n) is 14.9. The second kappa shape index (κ2) is 8.05. The minimum Gasteiger partial charge on any atom is -0.406 e. The number of anilines is 1. The minimum atomic E-state index is -4.83. The number of ether oxygens (including phenoxy) is 1. The average Bonchev–Trinajstić information content (AvgIpc) is 2.67. The number of nitrogens with zero attached hydrogens (tertiary/aromatic N) is 1. The van der Waals surface area contributed by atoms with Crippen LogP contribution in [0, 0.1) is 0 Å². The van der Waals surface area contributed by atoms with Crippen molar-refractivity contribution in [3.63, 3.8) is 0 Å². The smallest absolute Gasteiger partial charge is 0.406 e. The first-order valence-electron chi connectivity index (χ1n) is 8.32. The molecule has 0 unspecified atom stereocenters. The molecule has 0 aliphatic heterocycles. The number of pyridine rings is 1. The summed E-state index contributed by atoms with van der Waals surface area (Å²) >= 11 is 0. The van der Waals surface area contributed by atoms with Crippen LogP contribution >= 0.6 is 0 Å². The normalized spacial score (nSPS) is 11.8. The predicted octanol–water partition coefficient (Wildman–Crippen LogP) is 5.92. The standard InChI is InChI=1S/C20H12F6N2O2/c21-19(22,23)14-5-7-15(8-6-14)28-18(29)13-4-9-17(27-11-13)12-2-1-3-16(10-12)30-20(24,25)26/h1-11H,(H,28,29). The zero-order chi connectivity index (χ0) is 21.9. The summed E-state index contributed by atoms with van der Waals surface area (Å²) in [6, 6.07) is 11.9. The average molecular weight is 426 g/mol. The molecule has 0 fully saturated rings. The fourth-order valence-corrected chi connectivity index (χ4v) is 2.50. The van der Waals surface area contributed by atoms with Crippen molar-refractivity contribution in [2.45, 2.75) is 12.5 Å². The van der Waals surface area contributed by atoms with Crippen LogP contribution in [0.5, 0.6) is 5.75 Å². The lowest BCUT2D eigenvalue weighted by Gasteiger charge is -2.10. The molecule has 0 saturated heterocycles. The molecular formula is C20H12F6N2O2. The molecule has 0 radical (unpaired) electrons. The largest absolute Gasteiger partial charge is 0.573 e. The van der Waals surface area contributed by atoms with Crippen molar-refractivity contribution in [2.75, 3.05) is 5.32 Å². The van der Waals surface area contributed by atoms with Crippen molar-refractivity contribution in [1.29, 1.82) is 0 Å². The highest BCUT2D eigenvalue weighted by Gasteiger charge is 2.31. The third kappa shape index (κ3) is 5.49. The van der Waals surface area contributed by atoms with Gasteiger partial charge in [0.1, 0.15) is 5.75 Å². The summed E-state index contributed by atoms with van der Waals surface area (Å²) < 4.78 is 78.6. The molecule has 1 N–H and O–H groups in total. The Kier molecular flexibility index (Phi) is 5.68. The van der Waals surface area contributed by atoms with Crippen molar-refractivity contribution in [1.82, 2.24) is 4.98 Å². The molecule has 1 aromatic heterocycles. The SMILES string of the molecule is O=C(Nc1ccc(C(F)(F)F)cc1)c1ccc(-c2cccc(OC(F)(F)F)c2)nc1. The molecule has 3 rings (SSSR count). The molecule has 10 heteroatoms. The summed E-state index contributed by atoms with van der Waals surface area (Å²) in [5.41, 5.74) is 0.0684. The molecule has 0 aliphatic rings. The van der Waals surface area contributed by atoms with E-state index in [0.717, 1.165) is 36.4 Å². The zero-order valence-corrected chi connectivity index (χ0v) is 14.9. The number of halogens is 6. The molecule has 3 aromatic rings. The number of aromatic nitrogens is 1. The van der Waals surface area contributed by atoms with Crippen molar-refractivity contribution < 1.29 is 35.9 Å². The van der Waals surface area contributed by atoms with Gasteiger partial charge in [-0.25, -0.2) is 0 Å². The number of rotatable bonds is 4. The van der Waals surface area contributed by atoms with Crippen LogP contribution in [0.1, 0.15) is 15.9 Å². The number of hydrogen-bond donors (Lipinski definition) is 1. The maximum absolute atomic E-state index is 12.6. The quantitative estimate of drug-likeness (QED) is 0.527. The third-order valence-electron chi connectivity index (χ3n) is 3.86. The van der Waals surface area contributed by atoms with Gasteiger partial charge >= 0.3 is 12.5 Å². The minimum absolute atomic E-state index is 0.112. The highest BCUT2D eigenvalue weighted by Crippen LogP contribution is 2.30. The first-order valence-corrected chi connectivity index (χ1v) is 8.32. The van der Waals surface area contributed by atoms with Crippen LogP contribution in [0.4, 0.5) is 32.0 Å². The maximum atomic E-state index is 12.6. The Hall–Kier alpha value is -3.56. The molecule has 1 heterocycles. The van der Waals surface area contributed by atoms with Crippen LogP contribution in [-0.4, -0.2) is 17.3 Å². The van der Waals surface area contributed by atoms with Crippen LogP contribution in [0.25, 0.3) is 11.3 Å². The Balaban J connectivity index is 1.71. The molecule has 0 bridgehead atoms. The predicted molar refractivity (Wildman–Crippen MR) is 95.8 cm³/mol. The summed E-state index contributed by atoms with van der Waals surface area (Å²) in [5, 5.41) is 2.44. The van der Waals surface area contributed by atoms with Crippen LogP contribution in [0.15, 0.2) is 66.9 Å². The van der Waals surface area contributed by atoms with E-state index in [4.69, 9.17) is 0 Å². The summed E-state index contributed by atoms with van der Waals surface area (Å²) in [4.78, 5) is 16.3. The number of nitrogens with one attached hydrogen (secondary N) is 1. The number of benzene rings is 2. The Bertz CT molecular complexity index is 1030. The number of amides is 1. The maximum Gasteiger partial charge on any atom is 0.573 e. The summed E-state index contributed by atoms with van der Waals surface area (Å²) in [6.07, 6.45) is -8.11. The Morgan fingerprint density at radius 2 is 1.60 bits per heavy atom. The second-order valence-electron chi connectivity index (χ2n) is 6.04.